The fraction of sp³-hybridized carbons (Fsp3) is 0.500. The normalized spacial score (nSPS) is 22.5. The third kappa shape index (κ3) is 3.97. The average molecular weight is 326 g/mol. The van der Waals surface area contributed by atoms with Crippen LogP contribution in [0.5, 0.6) is 5.75 Å². The molecule has 1 aliphatic heterocycles. The van der Waals surface area contributed by atoms with Crippen LogP contribution in [0.15, 0.2) is 18.2 Å². The van der Waals surface area contributed by atoms with Crippen molar-refractivity contribution >= 4 is 11.8 Å². The minimum atomic E-state index is -1.04. The zero-order chi connectivity index (χ0) is 17.1. The van der Waals surface area contributed by atoms with Gasteiger partial charge in [0.15, 0.2) is 17.7 Å². The maximum absolute atomic E-state index is 13.2. The Morgan fingerprint density at radius 2 is 2.00 bits per heavy atom. The van der Waals surface area contributed by atoms with Crippen LogP contribution in [0.3, 0.4) is 0 Å². The highest BCUT2D eigenvalue weighted by atomic mass is 19.2. The third-order valence-electron chi connectivity index (χ3n) is 4.12. The van der Waals surface area contributed by atoms with E-state index < -0.39 is 23.6 Å². The fourth-order valence-corrected chi connectivity index (χ4v) is 2.68. The second kappa shape index (κ2) is 6.93. The molecule has 0 unspecified atom stereocenters. The van der Waals surface area contributed by atoms with Crippen LogP contribution in [0.25, 0.3) is 0 Å². The molecule has 0 radical (unpaired) electrons. The Morgan fingerprint density at radius 1 is 1.30 bits per heavy atom. The highest BCUT2D eigenvalue weighted by Crippen LogP contribution is 2.24. The molecule has 0 bridgehead atoms. The molecule has 5 nitrogen and oxygen atoms in total. The number of benzene rings is 1. The van der Waals surface area contributed by atoms with Gasteiger partial charge in [-0.15, -0.1) is 0 Å². The van der Waals surface area contributed by atoms with E-state index >= 15 is 0 Å². The molecule has 0 aromatic heterocycles. The minimum Gasteiger partial charge on any atom is -0.481 e. The van der Waals surface area contributed by atoms with Crippen LogP contribution in [0.2, 0.25) is 0 Å². The quantitative estimate of drug-likeness (QED) is 0.918. The van der Waals surface area contributed by atoms with Crippen molar-refractivity contribution < 1.29 is 23.1 Å². The fourth-order valence-electron chi connectivity index (χ4n) is 2.68. The molecule has 1 aliphatic rings. The molecule has 0 aliphatic carbocycles. The number of rotatable bonds is 4. The van der Waals surface area contributed by atoms with Gasteiger partial charge in [-0.2, -0.15) is 0 Å². The van der Waals surface area contributed by atoms with E-state index in [1.54, 1.807) is 4.90 Å². The standard InChI is InChI=1S/C16H20F2N2O3/c1-9-3-4-11(15(19)21)8-20(9)16(22)10(2)23-12-5-6-13(17)14(18)7-12/h5-7,9-11H,3-4,8H2,1-2H3,(H2,19,21)/t9-,10+,11+/m1/s1. The number of primary amides is 1. The van der Waals surface area contributed by atoms with Gasteiger partial charge in [0.25, 0.3) is 5.91 Å². The van der Waals surface area contributed by atoms with Gasteiger partial charge in [0, 0.05) is 18.7 Å². The van der Waals surface area contributed by atoms with Crippen molar-refractivity contribution in [3.8, 4) is 5.75 Å². The van der Waals surface area contributed by atoms with Gasteiger partial charge >= 0.3 is 0 Å². The van der Waals surface area contributed by atoms with Crippen molar-refractivity contribution in [2.75, 3.05) is 6.54 Å². The molecule has 3 atom stereocenters. The van der Waals surface area contributed by atoms with Crippen LogP contribution < -0.4 is 10.5 Å². The van der Waals surface area contributed by atoms with Gasteiger partial charge < -0.3 is 15.4 Å². The van der Waals surface area contributed by atoms with Crippen molar-refractivity contribution in [3.05, 3.63) is 29.8 Å². The van der Waals surface area contributed by atoms with Crippen molar-refractivity contribution in [2.45, 2.75) is 38.8 Å². The summed E-state index contributed by atoms with van der Waals surface area (Å²) in [5.74, 6) is -3.06. The van der Waals surface area contributed by atoms with E-state index in [4.69, 9.17) is 10.5 Å². The zero-order valence-corrected chi connectivity index (χ0v) is 13.1. The Morgan fingerprint density at radius 3 is 2.61 bits per heavy atom. The lowest BCUT2D eigenvalue weighted by molar-refractivity contribution is -0.143. The molecule has 2 N–H and O–H groups in total. The number of likely N-dealkylation sites (tertiary alicyclic amines) is 1. The van der Waals surface area contributed by atoms with E-state index in [9.17, 15) is 18.4 Å². The monoisotopic (exact) mass is 326 g/mol. The summed E-state index contributed by atoms with van der Waals surface area (Å²) in [4.78, 5) is 25.4. The van der Waals surface area contributed by atoms with Crippen LogP contribution in [0, 0.1) is 17.6 Å². The Kier molecular flexibility index (Phi) is 5.18. The van der Waals surface area contributed by atoms with Gasteiger partial charge in [0.05, 0.1) is 5.92 Å². The van der Waals surface area contributed by atoms with Gasteiger partial charge in [0.2, 0.25) is 5.91 Å². The van der Waals surface area contributed by atoms with Crippen LogP contribution in [0.1, 0.15) is 26.7 Å². The molecule has 7 heteroatoms. The van der Waals surface area contributed by atoms with Crippen molar-refractivity contribution in [1.29, 1.82) is 0 Å². The predicted molar refractivity (Wildman–Crippen MR) is 79.5 cm³/mol. The molecule has 23 heavy (non-hydrogen) atoms. The predicted octanol–water partition coefficient (Wildman–Crippen LogP) is 1.84. The first kappa shape index (κ1) is 17.2. The second-order valence-corrected chi connectivity index (χ2v) is 5.85. The van der Waals surface area contributed by atoms with Gasteiger partial charge in [-0.3, -0.25) is 9.59 Å². The largest absolute Gasteiger partial charge is 0.481 e. The number of hydrogen-bond donors (Lipinski definition) is 1. The Bertz CT molecular complexity index is 609. The van der Waals surface area contributed by atoms with Crippen LogP contribution in [0.4, 0.5) is 8.78 Å². The van der Waals surface area contributed by atoms with Gasteiger partial charge in [0.1, 0.15) is 5.75 Å². The molecule has 1 aromatic rings. The molecule has 1 aromatic carbocycles. The highest BCUT2D eigenvalue weighted by Gasteiger charge is 2.34. The zero-order valence-electron chi connectivity index (χ0n) is 13.1. The summed E-state index contributed by atoms with van der Waals surface area (Å²) in [5, 5.41) is 0. The number of hydrogen-bond acceptors (Lipinski definition) is 3. The lowest BCUT2D eigenvalue weighted by Gasteiger charge is -2.38. The SMILES string of the molecule is C[C@H](Oc1ccc(F)c(F)c1)C(=O)N1C[C@@H](C(N)=O)CC[C@H]1C. The summed E-state index contributed by atoms with van der Waals surface area (Å²) in [7, 11) is 0. The smallest absolute Gasteiger partial charge is 0.263 e. The van der Waals surface area contributed by atoms with E-state index in [2.05, 4.69) is 0 Å². The summed E-state index contributed by atoms with van der Waals surface area (Å²) in [5.41, 5.74) is 5.32. The molecule has 0 saturated carbocycles. The van der Waals surface area contributed by atoms with E-state index in [1.165, 1.54) is 13.0 Å². The van der Waals surface area contributed by atoms with Gasteiger partial charge in [-0.05, 0) is 38.8 Å². The van der Waals surface area contributed by atoms with E-state index in [0.29, 0.717) is 12.8 Å². The molecule has 1 fully saturated rings. The molecule has 2 rings (SSSR count). The van der Waals surface area contributed by atoms with Crippen molar-refractivity contribution in [3.63, 3.8) is 0 Å². The second-order valence-electron chi connectivity index (χ2n) is 5.85. The molecule has 2 amide bonds. The maximum Gasteiger partial charge on any atom is 0.263 e. The molecular formula is C16H20F2N2O3. The first-order chi connectivity index (χ1) is 10.8. The first-order valence-corrected chi connectivity index (χ1v) is 7.51. The van der Waals surface area contributed by atoms with E-state index in [-0.39, 0.29) is 30.2 Å². The number of nitrogens with zero attached hydrogens (tertiary/aromatic N) is 1. The number of amides is 2. The molecular weight excluding hydrogens is 306 g/mol. The molecule has 0 spiro atoms. The number of nitrogens with two attached hydrogens (primary N) is 1. The number of piperidine rings is 1. The minimum absolute atomic E-state index is 0.0332. The number of carbonyl (C=O) groups excluding carboxylic acids is 2. The summed E-state index contributed by atoms with van der Waals surface area (Å²) < 4.78 is 31.5. The van der Waals surface area contributed by atoms with Gasteiger partial charge in [-0.1, -0.05) is 0 Å². The van der Waals surface area contributed by atoms with Crippen LogP contribution >= 0.6 is 0 Å². The van der Waals surface area contributed by atoms with Crippen LogP contribution in [-0.2, 0) is 9.59 Å². The Labute approximate surface area is 133 Å². The van der Waals surface area contributed by atoms with Crippen molar-refractivity contribution in [1.82, 2.24) is 4.90 Å². The number of halogens is 2. The summed E-state index contributed by atoms with van der Waals surface area (Å²) in [6, 6.07) is 3.06. The topological polar surface area (TPSA) is 72.6 Å². The van der Waals surface area contributed by atoms with E-state index in [0.717, 1.165) is 12.1 Å². The summed E-state index contributed by atoms with van der Waals surface area (Å²) in [6.45, 7) is 3.67. The number of ether oxygens (including phenoxy) is 1. The van der Waals surface area contributed by atoms with Gasteiger partial charge in [-0.25, -0.2) is 8.78 Å². The lowest BCUT2D eigenvalue weighted by atomic mass is 9.92. The Balaban J connectivity index is 2.05. The van der Waals surface area contributed by atoms with E-state index in [1.807, 2.05) is 6.92 Å². The first-order valence-electron chi connectivity index (χ1n) is 7.51. The molecule has 1 saturated heterocycles. The molecule has 126 valence electrons. The molecule has 1 heterocycles. The number of carbonyl (C=O) groups is 2. The lowest BCUT2D eigenvalue weighted by Crippen LogP contribution is -2.52. The Hall–Kier alpha value is -2.18. The third-order valence-corrected chi connectivity index (χ3v) is 4.12. The average Bonchev–Trinajstić information content (AvgIpc) is 2.50. The van der Waals surface area contributed by atoms with Crippen LogP contribution in [-0.4, -0.2) is 35.4 Å². The summed E-state index contributed by atoms with van der Waals surface area (Å²) >= 11 is 0. The maximum atomic E-state index is 13.2. The van der Waals surface area contributed by atoms with Crippen molar-refractivity contribution in [2.24, 2.45) is 11.7 Å². The summed E-state index contributed by atoms with van der Waals surface area (Å²) in [6.07, 6.45) is 0.449. The highest BCUT2D eigenvalue weighted by molar-refractivity contribution is 5.83.